The molecule has 1 fully saturated rings. The molecule has 5 rings (SSSR count). The van der Waals surface area contributed by atoms with Crippen molar-refractivity contribution in [2.24, 2.45) is 5.92 Å². The molecule has 0 radical (unpaired) electrons. The largest absolute Gasteiger partial charge is 0.370 e. The van der Waals surface area contributed by atoms with Crippen molar-refractivity contribution < 1.29 is 8.42 Å². The number of anilines is 1. The van der Waals surface area contributed by atoms with E-state index in [1.54, 1.807) is 27.2 Å². The Hall–Kier alpha value is -2.46. The molecule has 1 N–H and O–H groups in total. The lowest BCUT2D eigenvalue weighted by Gasteiger charge is -2.32. The monoisotopic (exact) mass is 573 g/mol. The Morgan fingerprint density at radius 3 is 2.71 bits per heavy atom. The molecule has 0 aliphatic carbocycles. The Labute approximate surface area is 218 Å². The molecule has 0 spiro atoms. The van der Waals surface area contributed by atoms with Crippen LogP contribution in [0.2, 0.25) is 5.02 Å². The zero-order valence-electron chi connectivity index (χ0n) is 19.2. The third-order valence-corrected chi connectivity index (χ3v) is 9.06. The third-order valence-electron chi connectivity index (χ3n) is 6.29. The average Bonchev–Trinajstić information content (AvgIpc) is 3.24. The number of piperidine rings is 1. The van der Waals surface area contributed by atoms with Crippen LogP contribution in [0.4, 0.5) is 5.82 Å². The van der Waals surface area contributed by atoms with E-state index in [1.807, 2.05) is 49.4 Å². The van der Waals surface area contributed by atoms with Gasteiger partial charge in [-0.15, -0.1) is 0 Å². The Morgan fingerprint density at radius 1 is 1.17 bits per heavy atom. The van der Waals surface area contributed by atoms with Gasteiger partial charge < -0.3 is 5.32 Å². The smallest absolute Gasteiger partial charge is 0.243 e. The maximum absolute atomic E-state index is 13.2. The molecular formula is C25H25BrClN5O2S. The minimum Gasteiger partial charge on any atom is -0.370 e. The molecule has 182 valence electrons. The van der Waals surface area contributed by atoms with Crippen molar-refractivity contribution in [1.82, 2.24) is 18.9 Å². The van der Waals surface area contributed by atoms with Crippen molar-refractivity contribution in [2.75, 3.05) is 25.0 Å². The van der Waals surface area contributed by atoms with Crippen LogP contribution < -0.4 is 5.32 Å². The predicted molar refractivity (Wildman–Crippen MR) is 142 cm³/mol. The van der Waals surface area contributed by atoms with Crippen molar-refractivity contribution in [1.29, 1.82) is 0 Å². The average molecular weight is 575 g/mol. The predicted octanol–water partition coefficient (Wildman–Crippen LogP) is 5.63. The summed E-state index contributed by atoms with van der Waals surface area (Å²) < 4.78 is 30.5. The Balaban J connectivity index is 1.37. The van der Waals surface area contributed by atoms with Gasteiger partial charge in [0.05, 0.1) is 21.3 Å². The molecule has 2 aromatic heterocycles. The van der Waals surface area contributed by atoms with Crippen molar-refractivity contribution in [3.05, 3.63) is 75.9 Å². The fraction of sp³-hybridized carbons (Fsp3) is 0.280. The molecule has 1 saturated heterocycles. The summed E-state index contributed by atoms with van der Waals surface area (Å²) in [6, 6.07) is 16.6. The molecule has 0 amide bonds. The van der Waals surface area contributed by atoms with E-state index < -0.39 is 10.0 Å². The minimum atomic E-state index is -3.52. The summed E-state index contributed by atoms with van der Waals surface area (Å²) in [4.78, 5) is 5.09. The lowest BCUT2D eigenvalue weighted by Crippen LogP contribution is -2.41. The molecule has 1 atom stereocenters. The van der Waals surface area contributed by atoms with Crippen LogP contribution in [-0.2, 0) is 10.0 Å². The van der Waals surface area contributed by atoms with Crippen molar-refractivity contribution in [2.45, 2.75) is 24.7 Å². The lowest BCUT2D eigenvalue weighted by molar-refractivity contribution is 0.275. The second-order valence-corrected chi connectivity index (χ2v) is 12.0. The first-order chi connectivity index (χ1) is 16.8. The van der Waals surface area contributed by atoms with Crippen LogP contribution in [0.1, 0.15) is 18.4 Å². The van der Waals surface area contributed by atoms with Crippen molar-refractivity contribution in [3.8, 4) is 11.3 Å². The number of aromatic nitrogens is 3. The molecule has 35 heavy (non-hydrogen) atoms. The van der Waals surface area contributed by atoms with E-state index in [2.05, 4.69) is 26.3 Å². The number of sulfonamides is 1. The summed E-state index contributed by atoms with van der Waals surface area (Å²) in [6.07, 6.45) is 3.48. The van der Waals surface area contributed by atoms with Gasteiger partial charge in [0.15, 0.2) is 5.65 Å². The number of halogens is 2. The molecule has 0 bridgehead atoms. The van der Waals surface area contributed by atoms with E-state index in [9.17, 15) is 8.42 Å². The number of hydrogen-bond acceptors (Lipinski definition) is 5. The van der Waals surface area contributed by atoms with Crippen LogP contribution in [0.15, 0.2) is 70.2 Å². The van der Waals surface area contributed by atoms with Gasteiger partial charge in [0.2, 0.25) is 10.0 Å². The number of rotatable bonds is 6. The molecular weight excluding hydrogens is 550 g/mol. The van der Waals surface area contributed by atoms with Gasteiger partial charge in [-0.1, -0.05) is 47.5 Å². The normalized spacial score (nSPS) is 17.1. The molecule has 10 heteroatoms. The van der Waals surface area contributed by atoms with E-state index in [-0.39, 0.29) is 5.92 Å². The SMILES string of the molecule is Cc1ccc(S(=O)(=O)N2CCCC(CNc3cc(-c4ccccc4Cl)nc4c(Br)cnn34)C2)cc1. The number of hydrogen-bond donors (Lipinski definition) is 1. The Kier molecular flexibility index (Phi) is 6.85. The summed E-state index contributed by atoms with van der Waals surface area (Å²) >= 11 is 9.97. The summed E-state index contributed by atoms with van der Waals surface area (Å²) in [5, 5.41) is 8.56. The number of nitrogens with one attached hydrogen (secondary N) is 1. The standard InChI is InChI=1S/C25H25BrClN5O2S/c1-17-8-10-19(11-9-17)35(33,34)31-12-4-5-18(16-31)14-28-24-13-23(20-6-2-3-7-22(20)27)30-25-21(26)15-29-32(24)25/h2-3,6-11,13,15,18,28H,4-5,12,14,16H2,1H3. The van der Waals surface area contributed by atoms with E-state index in [0.717, 1.165) is 40.0 Å². The molecule has 2 aromatic carbocycles. The fourth-order valence-corrected chi connectivity index (χ4v) is 6.52. The first-order valence-corrected chi connectivity index (χ1v) is 14.0. The highest BCUT2D eigenvalue weighted by Crippen LogP contribution is 2.31. The van der Waals surface area contributed by atoms with Crippen molar-refractivity contribution in [3.63, 3.8) is 0 Å². The van der Waals surface area contributed by atoms with Crippen LogP contribution in [0.5, 0.6) is 0 Å². The highest BCUT2D eigenvalue weighted by atomic mass is 79.9. The zero-order valence-corrected chi connectivity index (χ0v) is 22.3. The molecule has 4 aromatic rings. The third kappa shape index (κ3) is 4.95. The summed E-state index contributed by atoms with van der Waals surface area (Å²) in [6.45, 7) is 3.56. The van der Waals surface area contributed by atoms with E-state index in [4.69, 9.17) is 16.6 Å². The zero-order chi connectivity index (χ0) is 24.6. The number of fused-ring (bicyclic) bond motifs is 1. The minimum absolute atomic E-state index is 0.162. The van der Waals surface area contributed by atoms with Gasteiger partial charge in [-0.3, -0.25) is 0 Å². The van der Waals surface area contributed by atoms with Crippen LogP contribution >= 0.6 is 27.5 Å². The van der Waals surface area contributed by atoms with E-state index in [1.165, 1.54) is 0 Å². The van der Waals surface area contributed by atoms with Gasteiger partial charge in [0.1, 0.15) is 5.82 Å². The summed E-state index contributed by atoms with van der Waals surface area (Å²) in [5.41, 5.74) is 3.28. The number of benzene rings is 2. The topological polar surface area (TPSA) is 79.6 Å². The second kappa shape index (κ2) is 9.89. The second-order valence-electron chi connectivity index (χ2n) is 8.80. The molecule has 1 unspecified atom stereocenters. The van der Waals surface area contributed by atoms with Crippen LogP contribution in [0.25, 0.3) is 16.9 Å². The van der Waals surface area contributed by atoms with Crippen LogP contribution in [0.3, 0.4) is 0 Å². The maximum atomic E-state index is 13.2. The molecule has 3 heterocycles. The number of aryl methyl sites for hydroxylation is 1. The van der Waals surface area contributed by atoms with E-state index in [0.29, 0.717) is 35.2 Å². The number of nitrogens with zero attached hydrogens (tertiary/aromatic N) is 4. The van der Waals surface area contributed by atoms with E-state index >= 15 is 0 Å². The van der Waals surface area contributed by atoms with Crippen molar-refractivity contribution >= 4 is 49.0 Å². The summed E-state index contributed by atoms with van der Waals surface area (Å²) in [7, 11) is -3.52. The molecule has 1 aliphatic rings. The highest BCUT2D eigenvalue weighted by Gasteiger charge is 2.30. The summed E-state index contributed by atoms with van der Waals surface area (Å²) in [5.74, 6) is 0.934. The van der Waals surface area contributed by atoms with Gasteiger partial charge in [-0.05, 0) is 59.8 Å². The lowest BCUT2D eigenvalue weighted by atomic mass is 10.00. The molecule has 0 saturated carbocycles. The van der Waals surface area contributed by atoms with Gasteiger partial charge >= 0.3 is 0 Å². The van der Waals surface area contributed by atoms with Gasteiger partial charge in [0.25, 0.3) is 0 Å². The fourth-order valence-electron chi connectivity index (χ4n) is 4.39. The Bertz CT molecular complexity index is 1470. The van der Waals surface area contributed by atoms with Crippen LogP contribution in [-0.4, -0.2) is 47.0 Å². The van der Waals surface area contributed by atoms with Gasteiger partial charge in [0, 0.05) is 36.3 Å². The first-order valence-electron chi connectivity index (χ1n) is 11.4. The maximum Gasteiger partial charge on any atom is 0.243 e. The molecule has 7 nitrogen and oxygen atoms in total. The first kappa shape index (κ1) is 24.2. The van der Waals surface area contributed by atoms with Crippen LogP contribution in [0, 0.1) is 12.8 Å². The molecule has 1 aliphatic heterocycles. The quantitative estimate of drug-likeness (QED) is 0.323. The van der Waals surface area contributed by atoms with Gasteiger partial charge in [-0.25, -0.2) is 13.4 Å². The van der Waals surface area contributed by atoms with Gasteiger partial charge in [-0.2, -0.15) is 13.9 Å². The highest BCUT2D eigenvalue weighted by molar-refractivity contribution is 9.10. The Morgan fingerprint density at radius 2 is 1.94 bits per heavy atom.